The lowest BCUT2D eigenvalue weighted by atomic mass is 10.2. The molecule has 1 atom stereocenters. The van der Waals surface area contributed by atoms with Crippen LogP contribution in [-0.2, 0) is 9.59 Å². The highest BCUT2D eigenvalue weighted by atomic mass is 32.1. The van der Waals surface area contributed by atoms with Gasteiger partial charge in [-0.15, -0.1) is 0 Å². The van der Waals surface area contributed by atoms with E-state index in [1.54, 1.807) is 30.3 Å². The third-order valence-electron chi connectivity index (χ3n) is 4.99. The number of thiocarbonyl (C=S) groups is 1. The van der Waals surface area contributed by atoms with Gasteiger partial charge in [-0.25, -0.2) is 0 Å². The molecule has 10 nitrogen and oxygen atoms in total. The molecule has 11 heteroatoms. The Morgan fingerprint density at radius 3 is 2.48 bits per heavy atom. The van der Waals surface area contributed by atoms with Crippen molar-refractivity contribution >= 4 is 40.9 Å². The van der Waals surface area contributed by atoms with Crippen LogP contribution >= 0.6 is 12.2 Å². The third kappa shape index (κ3) is 5.95. The number of hydrogen-bond acceptors (Lipinski definition) is 7. The van der Waals surface area contributed by atoms with E-state index in [-0.39, 0.29) is 16.9 Å². The molecule has 0 saturated carbocycles. The Morgan fingerprint density at radius 2 is 1.88 bits per heavy atom. The maximum atomic E-state index is 12.7. The van der Waals surface area contributed by atoms with Gasteiger partial charge in [0.1, 0.15) is 11.8 Å². The van der Waals surface area contributed by atoms with E-state index in [0.717, 1.165) is 6.42 Å². The summed E-state index contributed by atoms with van der Waals surface area (Å²) in [6.07, 6.45) is 5.78. The van der Waals surface area contributed by atoms with Crippen LogP contribution in [0.25, 0.3) is 6.08 Å². The lowest BCUT2D eigenvalue weighted by Crippen LogP contribution is -2.52. The zero-order valence-corrected chi connectivity index (χ0v) is 19.4. The van der Waals surface area contributed by atoms with E-state index in [1.807, 2.05) is 0 Å². The molecule has 1 fully saturated rings. The molecule has 0 bridgehead atoms. The van der Waals surface area contributed by atoms with Crippen molar-refractivity contribution in [3.05, 3.63) is 42.4 Å². The smallest absolute Gasteiger partial charge is 0.261 e. The largest absolute Gasteiger partial charge is 0.493 e. The minimum Gasteiger partial charge on any atom is -0.493 e. The molecule has 2 amide bonds. The number of carbonyl (C=O) groups is 2. The summed E-state index contributed by atoms with van der Waals surface area (Å²) >= 11 is 5.27. The fraction of sp³-hybridized carbons (Fsp3) is 0.318. The van der Waals surface area contributed by atoms with Crippen molar-refractivity contribution in [3.63, 3.8) is 0 Å². The minimum atomic E-state index is -0.602. The Kier molecular flexibility index (Phi) is 8.14. The third-order valence-corrected chi connectivity index (χ3v) is 5.20. The zero-order valence-electron chi connectivity index (χ0n) is 18.5. The molecule has 0 radical (unpaired) electrons. The van der Waals surface area contributed by atoms with Crippen LogP contribution in [0.2, 0.25) is 0 Å². The number of anilines is 1. The second-order valence-corrected chi connectivity index (χ2v) is 7.43. The Labute approximate surface area is 196 Å². The monoisotopic (exact) mass is 474 g/mol. The highest BCUT2D eigenvalue weighted by Gasteiger charge is 2.33. The van der Waals surface area contributed by atoms with E-state index in [9.17, 15) is 9.59 Å². The van der Waals surface area contributed by atoms with Gasteiger partial charge >= 0.3 is 0 Å². The molecule has 1 saturated heterocycles. The van der Waals surface area contributed by atoms with Crippen LogP contribution in [-0.4, -0.2) is 55.7 Å². The Balaban J connectivity index is 1.56. The number of ether oxygens (including phenoxy) is 3. The first-order valence-corrected chi connectivity index (χ1v) is 10.6. The maximum Gasteiger partial charge on any atom is 0.261 e. The fourth-order valence-electron chi connectivity index (χ4n) is 3.46. The number of likely N-dealkylation sites (tertiary alicyclic amines) is 1. The number of nitrogens with one attached hydrogen (secondary N) is 3. The molecule has 1 aromatic heterocycles. The topological polar surface area (TPSA) is 114 Å². The molecule has 33 heavy (non-hydrogen) atoms. The number of furan rings is 1. The van der Waals surface area contributed by atoms with Crippen molar-refractivity contribution in [2.75, 3.05) is 33.2 Å². The quantitative estimate of drug-likeness (QED) is 0.316. The molecule has 1 aromatic carbocycles. The van der Waals surface area contributed by atoms with Crippen molar-refractivity contribution in [2.45, 2.75) is 18.9 Å². The Hall–Kier alpha value is -3.73. The first kappa shape index (κ1) is 23.9. The van der Waals surface area contributed by atoms with E-state index < -0.39 is 6.04 Å². The average molecular weight is 475 g/mol. The van der Waals surface area contributed by atoms with Gasteiger partial charge < -0.3 is 28.8 Å². The average Bonchev–Trinajstić information content (AvgIpc) is 3.52. The maximum absolute atomic E-state index is 12.7. The molecule has 0 aliphatic carbocycles. The van der Waals surface area contributed by atoms with Crippen LogP contribution in [0.15, 0.2) is 41.0 Å². The second-order valence-electron chi connectivity index (χ2n) is 7.02. The zero-order chi connectivity index (χ0) is 23.8. The highest BCUT2D eigenvalue weighted by molar-refractivity contribution is 7.80. The van der Waals surface area contributed by atoms with Gasteiger partial charge in [0.25, 0.3) is 5.91 Å². The summed E-state index contributed by atoms with van der Waals surface area (Å²) in [4.78, 5) is 26.7. The number of hydrazine groups is 1. The molecular weight excluding hydrogens is 448 g/mol. The number of methoxy groups -OCH3 is 3. The minimum absolute atomic E-state index is 0.145. The van der Waals surface area contributed by atoms with Gasteiger partial charge in [0.05, 0.1) is 27.6 Å². The number of amides is 2. The van der Waals surface area contributed by atoms with E-state index in [2.05, 4.69) is 16.2 Å². The summed E-state index contributed by atoms with van der Waals surface area (Å²) in [5, 5.41) is 3.09. The molecule has 1 aliphatic heterocycles. The van der Waals surface area contributed by atoms with Gasteiger partial charge in [-0.3, -0.25) is 20.4 Å². The highest BCUT2D eigenvalue weighted by Crippen LogP contribution is 2.39. The molecule has 1 aliphatic rings. The molecule has 1 unspecified atom stereocenters. The van der Waals surface area contributed by atoms with Gasteiger partial charge in [0.15, 0.2) is 16.6 Å². The van der Waals surface area contributed by atoms with Crippen molar-refractivity contribution < 1.29 is 28.2 Å². The lowest BCUT2D eigenvalue weighted by molar-refractivity contribution is -0.135. The number of carbonyl (C=O) groups excluding carboxylic acids is 2. The molecular formula is C22H26N4O6S. The van der Waals surface area contributed by atoms with Crippen LogP contribution in [0, 0.1) is 0 Å². The standard InChI is InChI=1S/C22H26N4O6S/c1-29-17-12-14(13-18(30-2)20(17)31-3)23-22(33)25-24-21(28)16-7-4-10-26(16)19(27)9-8-15-6-5-11-32-15/h5-6,8-9,11-13,16H,4,7,10H2,1-3H3,(H,24,28)(H2,23,25,33). The van der Waals surface area contributed by atoms with Crippen LogP contribution in [0.5, 0.6) is 17.2 Å². The van der Waals surface area contributed by atoms with Crippen molar-refractivity contribution in [3.8, 4) is 17.2 Å². The van der Waals surface area contributed by atoms with Crippen molar-refractivity contribution in [1.29, 1.82) is 0 Å². The first-order chi connectivity index (χ1) is 16.0. The predicted octanol–water partition coefficient (Wildman–Crippen LogP) is 2.33. The molecule has 2 heterocycles. The molecule has 3 rings (SSSR count). The normalized spacial score (nSPS) is 15.2. The fourth-order valence-corrected chi connectivity index (χ4v) is 3.62. The number of benzene rings is 1. The predicted molar refractivity (Wildman–Crippen MR) is 126 cm³/mol. The van der Waals surface area contributed by atoms with Gasteiger partial charge in [-0.1, -0.05) is 0 Å². The summed E-state index contributed by atoms with van der Waals surface area (Å²) in [7, 11) is 4.53. The van der Waals surface area contributed by atoms with Gasteiger partial charge in [0.2, 0.25) is 11.7 Å². The van der Waals surface area contributed by atoms with E-state index in [1.165, 1.54) is 38.6 Å². The number of hydrogen-bond donors (Lipinski definition) is 3. The summed E-state index contributed by atoms with van der Waals surface area (Å²) in [6, 6.07) is 6.23. The van der Waals surface area contributed by atoms with E-state index in [0.29, 0.717) is 41.7 Å². The first-order valence-electron chi connectivity index (χ1n) is 10.2. The van der Waals surface area contributed by atoms with Gasteiger partial charge in [-0.05, 0) is 43.3 Å². The number of nitrogens with zero attached hydrogens (tertiary/aromatic N) is 1. The van der Waals surface area contributed by atoms with Gasteiger partial charge in [0, 0.05) is 30.4 Å². The Morgan fingerprint density at radius 1 is 1.15 bits per heavy atom. The lowest BCUT2D eigenvalue weighted by Gasteiger charge is -2.23. The Bertz CT molecular complexity index is 999. The van der Waals surface area contributed by atoms with Crippen LogP contribution in [0.4, 0.5) is 5.69 Å². The van der Waals surface area contributed by atoms with Crippen molar-refractivity contribution in [2.24, 2.45) is 0 Å². The SMILES string of the molecule is COc1cc(NC(=S)NNC(=O)C2CCCN2C(=O)C=Cc2ccco2)cc(OC)c1OC. The van der Waals surface area contributed by atoms with Crippen LogP contribution < -0.4 is 30.4 Å². The number of rotatable bonds is 7. The summed E-state index contributed by atoms with van der Waals surface area (Å²) in [5.74, 6) is 1.30. The molecule has 3 N–H and O–H groups in total. The molecule has 0 spiro atoms. The van der Waals surface area contributed by atoms with E-state index >= 15 is 0 Å². The van der Waals surface area contributed by atoms with Gasteiger partial charge in [-0.2, -0.15) is 0 Å². The summed E-state index contributed by atoms with van der Waals surface area (Å²) in [6.45, 7) is 0.494. The molecule has 176 valence electrons. The second kappa shape index (κ2) is 11.2. The van der Waals surface area contributed by atoms with E-state index in [4.69, 9.17) is 30.8 Å². The van der Waals surface area contributed by atoms with Crippen molar-refractivity contribution in [1.82, 2.24) is 15.8 Å². The summed E-state index contributed by atoms with van der Waals surface area (Å²) in [5.41, 5.74) is 5.79. The summed E-state index contributed by atoms with van der Waals surface area (Å²) < 4.78 is 21.1. The van der Waals surface area contributed by atoms with Crippen LogP contribution in [0.3, 0.4) is 0 Å². The van der Waals surface area contributed by atoms with Crippen LogP contribution in [0.1, 0.15) is 18.6 Å². The molecule has 2 aromatic rings.